The van der Waals surface area contributed by atoms with Crippen LogP contribution in [0.15, 0.2) is 71.2 Å². The van der Waals surface area contributed by atoms with Crippen LogP contribution in [0.2, 0.25) is 0 Å². The second kappa shape index (κ2) is 8.01. The number of benzene rings is 2. The molecule has 2 amide bonds. The number of nitro groups is 1. The summed E-state index contributed by atoms with van der Waals surface area (Å²) in [4.78, 5) is 36.5. The summed E-state index contributed by atoms with van der Waals surface area (Å²) in [6.45, 7) is 1.96. The normalized spacial score (nSPS) is 16.3. The summed E-state index contributed by atoms with van der Waals surface area (Å²) < 4.78 is 0. The van der Waals surface area contributed by atoms with E-state index in [1.54, 1.807) is 18.2 Å². The van der Waals surface area contributed by atoms with Crippen molar-refractivity contribution in [3.63, 3.8) is 0 Å². The fraction of sp³-hybridized carbons (Fsp3) is 0.100. The largest absolute Gasteiger partial charge is 0.293 e. The topological polar surface area (TPSA) is 80.5 Å². The van der Waals surface area contributed by atoms with Gasteiger partial charge in [0.2, 0.25) is 0 Å². The van der Waals surface area contributed by atoms with Gasteiger partial charge in [-0.2, -0.15) is 0 Å². The molecule has 0 N–H and O–H groups in total. The van der Waals surface area contributed by atoms with Gasteiger partial charge < -0.3 is 0 Å². The molecule has 2 aromatic carbocycles. The van der Waals surface area contributed by atoms with Crippen LogP contribution in [-0.2, 0) is 11.3 Å². The number of amides is 2. The number of imide groups is 1. The molecule has 0 atom stereocenters. The molecule has 2 aromatic rings. The van der Waals surface area contributed by atoms with Crippen molar-refractivity contribution in [1.82, 2.24) is 4.90 Å². The Morgan fingerprint density at radius 1 is 1.11 bits per heavy atom. The van der Waals surface area contributed by atoms with Crippen LogP contribution in [-0.4, -0.2) is 21.0 Å². The molecule has 1 aliphatic heterocycles. The standard InChI is InChI=1S/C20H16N2O4S/c1-14(11-15-5-3-2-4-6-15)12-18-19(23)21(20(24)27-18)13-16-7-9-17(10-8-16)22(25)26/h2-12H,13H2,1H3/b14-11+,18-12-. The molecule has 1 saturated heterocycles. The fourth-order valence-corrected chi connectivity index (χ4v) is 3.49. The van der Waals surface area contributed by atoms with Gasteiger partial charge in [0.15, 0.2) is 0 Å². The Balaban J connectivity index is 1.74. The number of hydrogen-bond donors (Lipinski definition) is 0. The first-order chi connectivity index (χ1) is 12.9. The number of non-ortho nitro benzene ring substituents is 1. The number of carbonyl (C=O) groups excluding carboxylic acids is 2. The lowest BCUT2D eigenvalue weighted by molar-refractivity contribution is -0.384. The summed E-state index contributed by atoms with van der Waals surface area (Å²) in [5.74, 6) is -0.357. The number of rotatable bonds is 5. The van der Waals surface area contributed by atoms with Gasteiger partial charge in [0.05, 0.1) is 16.4 Å². The molecule has 0 unspecified atom stereocenters. The van der Waals surface area contributed by atoms with Crippen LogP contribution in [0.1, 0.15) is 18.1 Å². The van der Waals surface area contributed by atoms with Gasteiger partial charge in [-0.25, -0.2) is 0 Å². The highest BCUT2D eigenvalue weighted by Gasteiger charge is 2.34. The van der Waals surface area contributed by atoms with E-state index >= 15 is 0 Å². The van der Waals surface area contributed by atoms with Crippen molar-refractivity contribution in [2.45, 2.75) is 13.5 Å². The summed E-state index contributed by atoms with van der Waals surface area (Å²) in [5.41, 5.74) is 2.49. The lowest BCUT2D eigenvalue weighted by Crippen LogP contribution is -2.27. The predicted octanol–water partition coefficient (Wildman–Crippen LogP) is 4.78. The number of thioether (sulfide) groups is 1. The van der Waals surface area contributed by atoms with E-state index in [0.717, 1.165) is 27.8 Å². The smallest absolute Gasteiger partial charge is 0.268 e. The molecule has 0 aromatic heterocycles. The van der Waals surface area contributed by atoms with Crippen LogP contribution in [0.5, 0.6) is 0 Å². The maximum absolute atomic E-state index is 12.6. The van der Waals surface area contributed by atoms with Gasteiger partial charge >= 0.3 is 0 Å². The number of nitro benzene ring substituents is 1. The first-order valence-corrected chi connectivity index (χ1v) is 8.98. The minimum atomic E-state index is -0.492. The van der Waals surface area contributed by atoms with Crippen LogP contribution < -0.4 is 0 Å². The van der Waals surface area contributed by atoms with Gasteiger partial charge in [-0.15, -0.1) is 0 Å². The molecule has 7 heteroatoms. The molecule has 6 nitrogen and oxygen atoms in total. The van der Waals surface area contributed by atoms with Crippen molar-refractivity contribution in [3.8, 4) is 0 Å². The highest BCUT2D eigenvalue weighted by atomic mass is 32.2. The van der Waals surface area contributed by atoms with E-state index in [4.69, 9.17) is 0 Å². The van der Waals surface area contributed by atoms with Gasteiger partial charge in [-0.1, -0.05) is 48.5 Å². The maximum Gasteiger partial charge on any atom is 0.293 e. The van der Waals surface area contributed by atoms with Crippen molar-refractivity contribution in [2.24, 2.45) is 0 Å². The molecule has 0 radical (unpaired) electrons. The average molecular weight is 380 g/mol. The number of nitrogens with zero attached hydrogens (tertiary/aromatic N) is 2. The van der Waals surface area contributed by atoms with Crippen molar-refractivity contribution in [3.05, 3.63) is 92.4 Å². The number of hydrogen-bond acceptors (Lipinski definition) is 5. The van der Waals surface area contributed by atoms with Crippen LogP contribution >= 0.6 is 11.8 Å². The van der Waals surface area contributed by atoms with Crippen molar-refractivity contribution < 1.29 is 14.5 Å². The zero-order valence-corrected chi connectivity index (χ0v) is 15.3. The third-order valence-electron chi connectivity index (χ3n) is 3.91. The SMILES string of the molecule is CC(/C=C1\SC(=O)N(Cc2ccc([N+](=O)[O-])cc2)C1=O)=C\c1ccccc1. The third kappa shape index (κ3) is 4.51. The van der Waals surface area contributed by atoms with Gasteiger partial charge in [-0.3, -0.25) is 24.6 Å². The Hall–Kier alpha value is -3.19. The zero-order chi connectivity index (χ0) is 19.4. The zero-order valence-electron chi connectivity index (χ0n) is 14.5. The Bertz CT molecular complexity index is 950. The summed E-state index contributed by atoms with van der Waals surface area (Å²) in [6, 6.07) is 15.5. The van der Waals surface area contributed by atoms with Crippen LogP contribution in [0.4, 0.5) is 10.5 Å². The fourth-order valence-electron chi connectivity index (χ4n) is 2.60. The molecular formula is C20H16N2O4S. The number of allylic oxidation sites excluding steroid dienone is 2. The highest BCUT2D eigenvalue weighted by molar-refractivity contribution is 8.18. The Morgan fingerprint density at radius 2 is 1.78 bits per heavy atom. The maximum atomic E-state index is 12.6. The lowest BCUT2D eigenvalue weighted by Gasteiger charge is -2.12. The molecular weight excluding hydrogens is 364 g/mol. The van der Waals surface area contributed by atoms with Crippen molar-refractivity contribution >= 4 is 34.7 Å². The van der Waals surface area contributed by atoms with Crippen LogP contribution in [0.25, 0.3) is 6.08 Å². The molecule has 3 rings (SSSR count). The highest BCUT2D eigenvalue weighted by Crippen LogP contribution is 2.33. The van der Waals surface area contributed by atoms with E-state index in [9.17, 15) is 19.7 Å². The van der Waals surface area contributed by atoms with E-state index in [1.165, 1.54) is 12.1 Å². The quantitative estimate of drug-likeness (QED) is 0.424. The van der Waals surface area contributed by atoms with Crippen molar-refractivity contribution in [2.75, 3.05) is 0 Å². The Morgan fingerprint density at radius 3 is 2.41 bits per heavy atom. The molecule has 0 aliphatic carbocycles. The second-order valence-electron chi connectivity index (χ2n) is 5.99. The van der Waals surface area contributed by atoms with Crippen molar-refractivity contribution in [1.29, 1.82) is 0 Å². The van der Waals surface area contributed by atoms with E-state index in [0.29, 0.717) is 10.5 Å². The van der Waals surface area contributed by atoms with Gasteiger partial charge in [0.1, 0.15) is 0 Å². The Kier molecular flexibility index (Phi) is 5.52. The lowest BCUT2D eigenvalue weighted by atomic mass is 10.1. The molecule has 1 fully saturated rings. The molecule has 1 aliphatic rings. The van der Waals surface area contributed by atoms with E-state index in [1.807, 2.05) is 43.3 Å². The minimum absolute atomic E-state index is 0.0329. The monoisotopic (exact) mass is 380 g/mol. The summed E-state index contributed by atoms with van der Waals surface area (Å²) in [5, 5.41) is 10.4. The molecule has 0 spiro atoms. The molecule has 27 heavy (non-hydrogen) atoms. The first-order valence-electron chi connectivity index (χ1n) is 8.16. The molecule has 1 heterocycles. The molecule has 0 saturated carbocycles. The van der Waals surface area contributed by atoms with E-state index in [-0.39, 0.29) is 23.4 Å². The first kappa shape index (κ1) is 18.6. The Labute approximate surface area is 160 Å². The number of carbonyl (C=O) groups is 2. The third-order valence-corrected chi connectivity index (χ3v) is 4.82. The minimum Gasteiger partial charge on any atom is -0.268 e. The van der Waals surface area contributed by atoms with E-state index < -0.39 is 4.92 Å². The summed E-state index contributed by atoms with van der Waals surface area (Å²) in [6.07, 6.45) is 3.64. The molecule has 136 valence electrons. The van der Waals surface area contributed by atoms with Gasteiger partial charge in [0.25, 0.3) is 16.8 Å². The average Bonchev–Trinajstić information content (AvgIpc) is 2.90. The summed E-state index contributed by atoms with van der Waals surface area (Å²) >= 11 is 0.897. The molecule has 0 bridgehead atoms. The second-order valence-corrected chi connectivity index (χ2v) is 6.98. The summed E-state index contributed by atoms with van der Waals surface area (Å²) in [7, 11) is 0. The van der Waals surface area contributed by atoms with Crippen LogP contribution in [0.3, 0.4) is 0 Å². The predicted molar refractivity (Wildman–Crippen MR) is 105 cm³/mol. The van der Waals surface area contributed by atoms with Crippen LogP contribution in [0, 0.1) is 10.1 Å². The van der Waals surface area contributed by atoms with Gasteiger partial charge in [0, 0.05) is 12.1 Å². The van der Waals surface area contributed by atoms with Gasteiger partial charge in [-0.05, 0) is 41.5 Å². The van der Waals surface area contributed by atoms with E-state index in [2.05, 4.69) is 0 Å².